The minimum absolute atomic E-state index is 0.449. The molecule has 0 saturated heterocycles. The van der Waals surface area contributed by atoms with Crippen LogP contribution in [0, 0.1) is 5.92 Å². The molecule has 0 spiro atoms. The Kier molecular flexibility index (Phi) is 5.52. The van der Waals surface area contributed by atoms with Gasteiger partial charge >= 0.3 is 0 Å². The molecule has 1 N–H and O–H groups in total. The molecule has 2 rings (SSSR count). The van der Waals surface area contributed by atoms with E-state index >= 15 is 0 Å². The highest BCUT2D eigenvalue weighted by Gasteiger charge is 2.15. The Labute approximate surface area is 116 Å². The van der Waals surface area contributed by atoms with Gasteiger partial charge in [0.15, 0.2) is 0 Å². The molecule has 0 heterocycles. The maximum Gasteiger partial charge on any atom is 0.0409 e. The third kappa shape index (κ3) is 4.00. The Bertz CT molecular complexity index is 358. The molecule has 1 aromatic carbocycles. The van der Waals surface area contributed by atoms with Crippen molar-refractivity contribution in [1.29, 1.82) is 0 Å². The van der Waals surface area contributed by atoms with Crippen molar-refractivity contribution in [3.8, 4) is 0 Å². The smallest absolute Gasteiger partial charge is 0.0409 e. The van der Waals surface area contributed by atoms with E-state index in [4.69, 9.17) is 11.6 Å². The van der Waals surface area contributed by atoms with Crippen LogP contribution in [0.2, 0.25) is 5.02 Å². The number of benzene rings is 1. The highest BCUT2D eigenvalue weighted by atomic mass is 35.5. The molecule has 1 nitrogen and oxygen atoms in total. The molecule has 1 unspecified atom stereocenters. The Morgan fingerprint density at radius 1 is 1.33 bits per heavy atom. The molecule has 1 aliphatic carbocycles. The van der Waals surface area contributed by atoms with E-state index < -0.39 is 0 Å². The molecule has 1 saturated carbocycles. The van der Waals surface area contributed by atoms with Gasteiger partial charge in [0.2, 0.25) is 0 Å². The predicted molar refractivity (Wildman–Crippen MR) is 79.1 cm³/mol. The van der Waals surface area contributed by atoms with Crippen LogP contribution >= 0.6 is 11.6 Å². The lowest BCUT2D eigenvalue weighted by molar-refractivity contribution is 0.438. The van der Waals surface area contributed by atoms with Gasteiger partial charge in [-0.15, -0.1) is 0 Å². The quantitative estimate of drug-likeness (QED) is 0.766. The van der Waals surface area contributed by atoms with Crippen LogP contribution in [0.4, 0.5) is 0 Å². The SMILES string of the molecule is CCC(NCCC1CCCC1)c1cccc(Cl)c1. The van der Waals surface area contributed by atoms with Crippen LogP contribution in [0.15, 0.2) is 24.3 Å². The summed E-state index contributed by atoms with van der Waals surface area (Å²) in [6.07, 6.45) is 8.21. The minimum atomic E-state index is 0.449. The molecular weight excluding hydrogens is 242 g/mol. The van der Waals surface area contributed by atoms with Crippen molar-refractivity contribution in [3.05, 3.63) is 34.9 Å². The molecule has 18 heavy (non-hydrogen) atoms. The molecule has 0 aromatic heterocycles. The summed E-state index contributed by atoms with van der Waals surface area (Å²) < 4.78 is 0. The third-order valence-corrected chi connectivity index (χ3v) is 4.31. The van der Waals surface area contributed by atoms with Gasteiger partial charge in [-0.05, 0) is 43.0 Å². The molecule has 2 heteroatoms. The Morgan fingerprint density at radius 2 is 2.11 bits per heavy atom. The fraction of sp³-hybridized carbons (Fsp3) is 0.625. The van der Waals surface area contributed by atoms with Crippen molar-refractivity contribution in [2.75, 3.05) is 6.54 Å². The summed E-state index contributed by atoms with van der Waals surface area (Å²) in [6.45, 7) is 3.36. The first kappa shape index (κ1) is 13.9. The molecule has 1 aliphatic rings. The Hall–Kier alpha value is -0.530. The zero-order valence-electron chi connectivity index (χ0n) is 11.3. The molecule has 0 radical (unpaired) electrons. The zero-order chi connectivity index (χ0) is 12.8. The summed E-state index contributed by atoms with van der Waals surface area (Å²) in [5.74, 6) is 0.967. The second-order valence-corrected chi connectivity index (χ2v) is 5.85. The van der Waals surface area contributed by atoms with Gasteiger partial charge < -0.3 is 5.32 Å². The van der Waals surface area contributed by atoms with Crippen LogP contribution in [0.1, 0.15) is 57.1 Å². The van der Waals surface area contributed by atoms with E-state index in [0.717, 1.165) is 23.9 Å². The van der Waals surface area contributed by atoms with Crippen molar-refractivity contribution in [2.45, 2.75) is 51.5 Å². The van der Waals surface area contributed by atoms with E-state index in [-0.39, 0.29) is 0 Å². The average molecular weight is 266 g/mol. The van der Waals surface area contributed by atoms with Crippen LogP contribution in [-0.2, 0) is 0 Å². The highest BCUT2D eigenvalue weighted by molar-refractivity contribution is 6.30. The normalized spacial score (nSPS) is 18.1. The maximum atomic E-state index is 6.06. The Morgan fingerprint density at radius 3 is 2.78 bits per heavy atom. The van der Waals surface area contributed by atoms with E-state index in [1.165, 1.54) is 37.7 Å². The molecule has 1 atom stereocenters. The van der Waals surface area contributed by atoms with E-state index in [1.807, 2.05) is 12.1 Å². The van der Waals surface area contributed by atoms with Gasteiger partial charge in [0, 0.05) is 11.1 Å². The Balaban J connectivity index is 1.81. The second-order valence-electron chi connectivity index (χ2n) is 5.41. The summed E-state index contributed by atoms with van der Waals surface area (Å²) in [5.41, 5.74) is 1.32. The van der Waals surface area contributed by atoms with Crippen LogP contribution in [0.5, 0.6) is 0 Å². The first-order chi connectivity index (χ1) is 8.79. The van der Waals surface area contributed by atoms with E-state index in [0.29, 0.717) is 6.04 Å². The molecular formula is C16H24ClN. The van der Waals surface area contributed by atoms with Gasteiger partial charge in [-0.1, -0.05) is 56.3 Å². The molecule has 0 bridgehead atoms. The molecule has 1 aromatic rings. The average Bonchev–Trinajstić information content (AvgIpc) is 2.88. The van der Waals surface area contributed by atoms with Gasteiger partial charge in [0.25, 0.3) is 0 Å². The van der Waals surface area contributed by atoms with E-state index in [2.05, 4.69) is 24.4 Å². The maximum absolute atomic E-state index is 6.06. The van der Waals surface area contributed by atoms with Crippen molar-refractivity contribution in [1.82, 2.24) is 5.32 Å². The molecule has 0 amide bonds. The van der Waals surface area contributed by atoms with E-state index in [9.17, 15) is 0 Å². The summed E-state index contributed by atoms with van der Waals surface area (Å²) in [7, 11) is 0. The van der Waals surface area contributed by atoms with Gasteiger partial charge in [0.05, 0.1) is 0 Å². The number of hydrogen-bond acceptors (Lipinski definition) is 1. The van der Waals surface area contributed by atoms with Crippen molar-refractivity contribution < 1.29 is 0 Å². The first-order valence-corrected chi connectivity index (χ1v) is 7.66. The standard InChI is InChI=1S/C16H24ClN/c1-2-16(14-8-5-9-15(17)12-14)18-11-10-13-6-3-4-7-13/h5,8-9,12-13,16,18H,2-4,6-7,10-11H2,1H3. The number of rotatable bonds is 6. The predicted octanol–water partition coefficient (Wildman–Crippen LogP) is 4.96. The van der Waals surface area contributed by atoms with Crippen LogP contribution in [0.3, 0.4) is 0 Å². The zero-order valence-corrected chi connectivity index (χ0v) is 12.0. The summed E-state index contributed by atoms with van der Waals surface area (Å²) in [4.78, 5) is 0. The highest BCUT2D eigenvalue weighted by Crippen LogP contribution is 2.27. The van der Waals surface area contributed by atoms with Crippen LogP contribution < -0.4 is 5.32 Å². The topological polar surface area (TPSA) is 12.0 Å². The van der Waals surface area contributed by atoms with Gasteiger partial charge in [-0.3, -0.25) is 0 Å². The van der Waals surface area contributed by atoms with Crippen LogP contribution in [0.25, 0.3) is 0 Å². The molecule has 100 valence electrons. The van der Waals surface area contributed by atoms with Crippen molar-refractivity contribution >= 4 is 11.6 Å². The van der Waals surface area contributed by atoms with Gasteiger partial charge in [0.1, 0.15) is 0 Å². The lowest BCUT2D eigenvalue weighted by Crippen LogP contribution is -2.23. The van der Waals surface area contributed by atoms with Crippen LogP contribution in [-0.4, -0.2) is 6.54 Å². The van der Waals surface area contributed by atoms with Crippen molar-refractivity contribution in [3.63, 3.8) is 0 Å². The fourth-order valence-corrected chi connectivity index (χ4v) is 3.18. The second kappa shape index (κ2) is 7.16. The molecule has 1 fully saturated rings. The monoisotopic (exact) mass is 265 g/mol. The molecule has 0 aliphatic heterocycles. The first-order valence-electron chi connectivity index (χ1n) is 7.28. The number of halogens is 1. The summed E-state index contributed by atoms with van der Waals surface area (Å²) in [6, 6.07) is 8.68. The summed E-state index contributed by atoms with van der Waals surface area (Å²) >= 11 is 6.06. The van der Waals surface area contributed by atoms with Gasteiger partial charge in [-0.2, -0.15) is 0 Å². The minimum Gasteiger partial charge on any atom is -0.310 e. The lowest BCUT2D eigenvalue weighted by atomic mass is 10.0. The number of nitrogens with one attached hydrogen (secondary N) is 1. The largest absolute Gasteiger partial charge is 0.310 e. The van der Waals surface area contributed by atoms with Gasteiger partial charge in [-0.25, -0.2) is 0 Å². The number of hydrogen-bond donors (Lipinski definition) is 1. The van der Waals surface area contributed by atoms with E-state index in [1.54, 1.807) is 0 Å². The van der Waals surface area contributed by atoms with Crippen molar-refractivity contribution in [2.24, 2.45) is 5.92 Å². The fourth-order valence-electron chi connectivity index (χ4n) is 2.98. The summed E-state index contributed by atoms with van der Waals surface area (Å²) in [5, 5.41) is 4.52. The third-order valence-electron chi connectivity index (χ3n) is 4.08. The lowest BCUT2D eigenvalue weighted by Gasteiger charge is -2.19.